The Labute approximate surface area is 206 Å². The zero-order valence-corrected chi connectivity index (χ0v) is 20.2. The van der Waals surface area contributed by atoms with E-state index in [1.807, 2.05) is 18.2 Å². The Hall–Kier alpha value is -3.87. The first-order valence-electron chi connectivity index (χ1n) is 12.3. The van der Waals surface area contributed by atoms with E-state index in [9.17, 15) is 4.79 Å². The topological polar surface area (TPSA) is 88.2 Å². The van der Waals surface area contributed by atoms with Crippen LogP contribution in [0.5, 0.6) is 5.75 Å². The van der Waals surface area contributed by atoms with Gasteiger partial charge in [0.25, 0.3) is 5.91 Å². The summed E-state index contributed by atoms with van der Waals surface area (Å²) in [5.74, 6) is 1.87. The second kappa shape index (κ2) is 10.2. The van der Waals surface area contributed by atoms with Crippen LogP contribution in [0.15, 0.2) is 54.7 Å². The highest BCUT2D eigenvalue weighted by molar-refractivity contribution is 5.78. The molecule has 2 aliphatic rings. The molecule has 35 heavy (non-hydrogen) atoms. The standard InChI is InChI=1S/C28H31N5O2/c1-3-18-13-20(16-24(14-18)35-17-27(34)32-22-7-8-22)28-29-12-11-26(33-28)31-23-9-10-25-19(15-23)5-6-21(4-2)30-25/h5-6,9-16,21-22,30H,3-4,7-8,17H2,1-2H3,(H,32,34)(H,29,31,33). The molecule has 3 N–H and O–H groups in total. The molecule has 0 spiro atoms. The van der Waals surface area contributed by atoms with E-state index < -0.39 is 0 Å². The lowest BCUT2D eigenvalue weighted by atomic mass is 10.0. The molecule has 2 heterocycles. The van der Waals surface area contributed by atoms with Crippen molar-refractivity contribution in [1.29, 1.82) is 0 Å². The largest absolute Gasteiger partial charge is 0.484 e. The molecule has 1 fully saturated rings. The average Bonchev–Trinajstić information content (AvgIpc) is 3.71. The summed E-state index contributed by atoms with van der Waals surface area (Å²) in [6.07, 6.45) is 10.1. The summed E-state index contributed by atoms with van der Waals surface area (Å²) < 4.78 is 5.80. The summed E-state index contributed by atoms with van der Waals surface area (Å²) in [6.45, 7) is 4.27. The van der Waals surface area contributed by atoms with Crippen LogP contribution in [0.3, 0.4) is 0 Å². The van der Waals surface area contributed by atoms with Gasteiger partial charge in [-0.1, -0.05) is 26.0 Å². The molecule has 1 unspecified atom stereocenters. The summed E-state index contributed by atoms with van der Waals surface area (Å²) >= 11 is 0. The van der Waals surface area contributed by atoms with Crippen LogP contribution in [0.25, 0.3) is 17.5 Å². The number of carbonyl (C=O) groups excluding carboxylic acids is 1. The van der Waals surface area contributed by atoms with E-state index in [1.165, 1.54) is 0 Å². The molecule has 1 atom stereocenters. The fourth-order valence-electron chi connectivity index (χ4n) is 4.05. The molecule has 5 rings (SSSR count). The van der Waals surface area contributed by atoms with Crippen molar-refractivity contribution in [3.05, 3.63) is 65.9 Å². The number of rotatable bonds is 9. The third-order valence-corrected chi connectivity index (χ3v) is 6.21. The van der Waals surface area contributed by atoms with E-state index in [0.717, 1.165) is 53.7 Å². The van der Waals surface area contributed by atoms with Gasteiger partial charge < -0.3 is 20.7 Å². The van der Waals surface area contributed by atoms with Gasteiger partial charge in [-0.15, -0.1) is 0 Å². The number of ether oxygens (including phenoxy) is 1. The molecule has 1 aliphatic carbocycles. The van der Waals surface area contributed by atoms with Crippen molar-refractivity contribution >= 4 is 29.2 Å². The Morgan fingerprint density at radius 1 is 1.14 bits per heavy atom. The van der Waals surface area contributed by atoms with Crippen molar-refractivity contribution in [3.63, 3.8) is 0 Å². The van der Waals surface area contributed by atoms with Crippen LogP contribution in [0.4, 0.5) is 17.2 Å². The number of benzene rings is 2. The van der Waals surface area contributed by atoms with E-state index in [0.29, 0.717) is 29.5 Å². The zero-order valence-electron chi connectivity index (χ0n) is 20.2. The maximum Gasteiger partial charge on any atom is 0.258 e. The molecule has 2 aromatic carbocycles. The highest BCUT2D eigenvalue weighted by atomic mass is 16.5. The zero-order chi connectivity index (χ0) is 24.2. The first-order chi connectivity index (χ1) is 17.1. The van der Waals surface area contributed by atoms with Crippen LogP contribution in [0.2, 0.25) is 0 Å². The first kappa shape index (κ1) is 22.9. The lowest BCUT2D eigenvalue weighted by Crippen LogP contribution is -2.30. The number of hydrogen-bond donors (Lipinski definition) is 3. The maximum atomic E-state index is 12.0. The molecule has 1 aromatic heterocycles. The summed E-state index contributed by atoms with van der Waals surface area (Å²) in [4.78, 5) is 21.3. The quantitative estimate of drug-likeness (QED) is 0.393. The third kappa shape index (κ3) is 5.80. The second-order valence-electron chi connectivity index (χ2n) is 9.06. The second-order valence-corrected chi connectivity index (χ2v) is 9.06. The molecule has 7 heteroatoms. The Morgan fingerprint density at radius 2 is 2.03 bits per heavy atom. The summed E-state index contributed by atoms with van der Waals surface area (Å²) in [5, 5.41) is 9.89. The van der Waals surface area contributed by atoms with E-state index in [-0.39, 0.29) is 12.5 Å². The van der Waals surface area contributed by atoms with Crippen molar-refractivity contribution in [2.75, 3.05) is 17.2 Å². The third-order valence-electron chi connectivity index (χ3n) is 6.21. The molecule has 0 radical (unpaired) electrons. The predicted molar refractivity (Wildman–Crippen MR) is 140 cm³/mol. The van der Waals surface area contributed by atoms with Crippen LogP contribution in [0.1, 0.15) is 44.2 Å². The minimum atomic E-state index is -0.0845. The lowest BCUT2D eigenvalue weighted by molar-refractivity contribution is -0.123. The number of amides is 1. The van der Waals surface area contributed by atoms with Crippen molar-refractivity contribution in [2.24, 2.45) is 0 Å². The molecule has 0 saturated heterocycles. The van der Waals surface area contributed by atoms with Crippen LogP contribution in [-0.2, 0) is 11.2 Å². The van der Waals surface area contributed by atoms with Gasteiger partial charge >= 0.3 is 0 Å². The van der Waals surface area contributed by atoms with Gasteiger partial charge in [-0.05, 0) is 79.3 Å². The summed E-state index contributed by atoms with van der Waals surface area (Å²) in [5.41, 5.74) is 5.21. The molecule has 0 bridgehead atoms. The normalized spacial score (nSPS) is 16.2. The number of fused-ring (bicyclic) bond motifs is 1. The van der Waals surface area contributed by atoms with Crippen molar-refractivity contribution in [3.8, 4) is 17.1 Å². The number of nitrogens with zero attached hydrogens (tertiary/aromatic N) is 2. The van der Waals surface area contributed by atoms with E-state index in [1.54, 1.807) is 6.20 Å². The minimum absolute atomic E-state index is 0.00615. The van der Waals surface area contributed by atoms with Gasteiger partial charge in [-0.2, -0.15) is 0 Å². The Kier molecular flexibility index (Phi) is 6.66. The molecule has 1 saturated carbocycles. The summed E-state index contributed by atoms with van der Waals surface area (Å²) in [7, 11) is 0. The highest BCUT2D eigenvalue weighted by Crippen LogP contribution is 2.29. The van der Waals surface area contributed by atoms with Gasteiger partial charge in [0.2, 0.25) is 0 Å². The number of nitrogens with one attached hydrogen (secondary N) is 3. The van der Waals surface area contributed by atoms with Gasteiger partial charge in [0.05, 0.1) is 0 Å². The molecular weight excluding hydrogens is 438 g/mol. The SMILES string of the molecule is CCc1cc(OCC(=O)NC2CC2)cc(-c2nccc(Nc3ccc4c(c3)C=CC(CC)N4)n2)c1. The van der Waals surface area contributed by atoms with Crippen LogP contribution in [-0.4, -0.2) is 34.6 Å². The number of aromatic nitrogens is 2. The Bertz CT molecular complexity index is 1250. The Morgan fingerprint density at radius 3 is 2.83 bits per heavy atom. The average molecular weight is 470 g/mol. The van der Waals surface area contributed by atoms with E-state index >= 15 is 0 Å². The van der Waals surface area contributed by atoms with Gasteiger partial charge in [0, 0.05) is 35.2 Å². The smallest absolute Gasteiger partial charge is 0.258 e. The monoisotopic (exact) mass is 469 g/mol. The van der Waals surface area contributed by atoms with Gasteiger partial charge in [-0.3, -0.25) is 4.79 Å². The fraction of sp³-hybridized carbons (Fsp3) is 0.321. The molecular formula is C28H31N5O2. The number of aryl methyl sites for hydroxylation is 1. The van der Waals surface area contributed by atoms with Gasteiger partial charge in [0.1, 0.15) is 11.6 Å². The van der Waals surface area contributed by atoms with Crippen LogP contribution in [0, 0.1) is 0 Å². The number of anilines is 3. The van der Waals surface area contributed by atoms with Crippen LogP contribution < -0.4 is 20.7 Å². The highest BCUT2D eigenvalue weighted by Gasteiger charge is 2.23. The van der Waals surface area contributed by atoms with Crippen LogP contribution >= 0.6 is 0 Å². The van der Waals surface area contributed by atoms with Crippen molar-refractivity contribution in [2.45, 2.75) is 51.6 Å². The fourth-order valence-corrected chi connectivity index (χ4v) is 4.05. The predicted octanol–water partition coefficient (Wildman–Crippen LogP) is 5.32. The summed E-state index contributed by atoms with van der Waals surface area (Å²) in [6, 6.07) is 14.7. The molecule has 1 aliphatic heterocycles. The molecule has 3 aromatic rings. The van der Waals surface area contributed by atoms with E-state index in [2.05, 4.69) is 71.2 Å². The lowest BCUT2D eigenvalue weighted by Gasteiger charge is -2.21. The number of carbonyl (C=O) groups is 1. The van der Waals surface area contributed by atoms with Gasteiger partial charge in [0.15, 0.2) is 12.4 Å². The molecule has 180 valence electrons. The molecule has 1 amide bonds. The van der Waals surface area contributed by atoms with Gasteiger partial charge in [-0.25, -0.2) is 9.97 Å². The molecule has 7 nitrogen and oxygen atoms in total. The van der Waals surface area contributed by atoms with Crippen molar-refractivity contribution < 1.29 is 9.53 Å². The number of hydrogen-bond acceptors (Lipinski definition) is 6. The van der Waals surface area contributed by atoms with Crippen molar-refractivity contribution in [1.82, 2.24) is 15.3 Å². The van der Waals surface area contributed by atoms with E-state index in [4.69, 9.17) is 9.72 Å². The Balaban J connectivity index is 1.32. The maximum absolute atomic E-state index is 12.0. The minimum Gasteiger partial charge on any atom is -0.484 e. The first-order valence-corrected chi connectivity index (χ1v) is 12.3.